The summed E-state index contributed by atoms with van der Waals surface area (Å²) >= 11 is 0. The van der Waals surface area contributed by atoms with Crippen molar-refractivity contribution in [2.45, 2.75) is 39.7 Å². The predicted molar refractivity (Wildman–Crippen MR) is 102 cm³/mol. The molecule has 1 N–H and O–H groups in total. The van der Waals surface area contributed by atoms with E-state index < -0.39 is 0 Å². The zero-order chi connectivity index (χ0) is 18.2. The van der Waals surface area contributed by atoms with Gasteiger partial charge in [-0.2, -0.15) is 0 Å². The maximum Gasteiger partial charge on any atom is 0.255 e. The summed E-state index contributed by atoms with van der Waals surface area (Å²) in [6.45, 7) is 6.84. The molecule has 0 radical (unpaired) electrons. The van der Waals surface area contributed by atoms with E-state index >= 15 is 0 Å². The minimum atomic E-state index is -0.0173. The monoisotopic (exact) mass is 341 g/mol. The summed E-state index contributed by atoms with van der Waals surface area (Å²) in [5.41, 5.74) is 2.18. The van der Waals surface area contributed by atoms with E-state index in [2.05, 4.69) is 17.2 Å². The van der Waals surface area contributed by atoms with E-state index in [9.17, 15) is 4.79 Å². The molecule has 1 heterocycles. The van der Waals surface area contributed by atoms with Crippen LogP contribution in [0.4, 0.5) is 11.4 Å². The van der Waals surface area contributed by atoms with Gasteiger partial charge in [0.15, 0.2) is 0 Å². The van der Waals surface area contributed by atoms with Crippen LogP contribution in [-0.2, 0) is 0 Å². The van der Waals surface area contributed by atoms with E-state index in [1.807, 2.05) is 51.2 Å². The predicted octanol–water partition coefficient (Wildman–Crippen LogP) is 4.48. The maximum atomic E-state index is 12.5. The van der Waals surface area contributed by atoms with E-state index in [0.717, 1.165) is 36.5 Å². The Hall–Kier alpha value is -2.56. The number of unbranched alkanes of at least 4 members (excludes halogenated alkanes) is 1. The Kier molecular flexibility index (Phi) is 6.81. The summed E-state index contributed by atoms with van der Waals surface area (Å²) in [5.74, 6) is 0.755. The lowest BCUT2D eigenvalue weighted by Gasteiger charge is -2.18. The van der Waals surface area contributed by atoms with Gasteiger partial charge in [0.2, 0.25) is 0 Å². The first kappa shape index (κ1) is 18.8. The van der Waals surface area contributed by atoms with Crippen LogP contribution in [0.1, 0.15) is 44.0 Å². The Labute approximate surface area is 150 Å². The van der Waals surface area contributed by atoms with Crippen LogP contribution in [0.2, 0.25) is 0 Å². The van der Waals surface area contributed by atoms with Crippen LogP contribution in [0.3, 0.4) is 0 Å². The highest BCUT2D eigenvalue weighted by Crippen LogP contribution is 2.28. The quantitative estimate of drug-likeness (QED) is 0.769. The number of amides is 1. The molecule has 0 saturated carbocycles. The molecule has 2 rings (SSSR count). The largest absolute Gasteiger partial charge is 0.489 e. The lowest BCUT2D eigenvalue weighted by Crippen LogP contribution is -2.27. The van der Waals surface area contributed by atoms with Gasteiger partial charge in [-0.1, -0.05) is 25.5 Å². The van der Waals surface area contributed by atoms with Gasteiger partial charge >= 0.3 is 0 Å². The normalized spacial score (nSPS) is 10.6. The standard InChI is InChI=1S/C20H27N3O2/c1-5-6-11-23(4)20(24)16-12-17(14-21-13-16)22-18-9-7-8-10-19(18)25-15(2)3/h7-10,12-15,22H,5-6,11H2,1-4H3. The van der Waals surface area contributed by atoms with Gasteiger partial charge in [-0.15, -0.1) is 0 Å². The number of nitrogens with one attached hydrogen (secondary N) is 1. The molecule has 0 unspecified atom stereocenters. The molecule has 0 aliphatic carbocycles. The zero-order valence-electron chi connectivity index (χ0n) is 15.5. The highest BCUT2D eigenvalue weighted by atomic mass is 16.5. The number of benzene rings is 1. The average molecular weight is 341 g/mol. The van der Waals surface area contributed by atoms with Crippen LogP contribution in [0, 0.1) is 0 Å². The first-order valence-corrected chi connectivity index (χ1v) is 8.74. The number of carbonyl (C=O) groups is 1. The molecule has 0 saturated heterocycles. The summed E-state index contributed by atoms with van der Waals surface area (Å²) in [5, 5.41) is 3.30. The Balaban J connectivity index is 2.16. The van der Waals surface area contributed by atoms with Crippen LogP contribution in [0.15, 0.2) is 42.7 Å². The van der Waals surface area contributed by atoms with Crippen molar-refractivity contribution < 1.29 is 9.53 Å². The molecule has 1 aromatic heterocycles. The Morgan fingerprint density at radius 2 is 2.04 bits per heavy atom. The molecule has 25 heavy (non-hydrogen) atoms. The summed E-state index contributed by atoms with van der Waals surface area (Å²) < 4.78 is 5.82. The van der Waals surface area contributed by atoms with Crippen molar-refractivity contribution in [1.29, 1.82) is 0 Å². The topological polar surface area (TPSA) is 54.5 Å². The van der Waals surface area contributed by atoms with Crippen LogP contribution < -0.4 is 10.1 Å². The summed E-state index contributed by atoms with van der Waals surface area (Å²) in [4.78, 5) is 18.4. The Bertz CT molecular complexity index is 701. The first-order valence-electron chi connectivity index (χ1n) is 8.74. The molecule has 0 bridgehead atoms. The van der Waals surface area contributed by atoms with Crippen LogP contribution in [-0.4, -0.2) is 35.5 Å². The third kappa shape index (κ3) is 5.48. The number of hydrogen-bond donors (Lipinski definition) is 1. The summed E-state index contributed by atoms with van der Waals surface area (Å²) in [6.07, 6.45) is 5.44. The lowest BCUT2D eigenvalue weighted by atomic mass is 10.2. The number of aromatic nitrogens is 1. The molecule has 0 fully saturated rings. The first-order chi connectivity index (χ1) is 12.0. The zero-order valence-corrected chi connectivity index (χ0v) is 15.5. The minimum absolute atomic E-state index is 0.0173. The molecule has 1 amide bonds. The van der Waals surface area contributed by atoms with Gasteiger partial charge in [-0.3, -0.25) is 9.78 Å². The smallest absolute Gasteiger partial charge is 0.255 e. The van der Waals surface area contributed by atoms with Crippen molar-refractivity contribution in [3.63, 3.8) is 0 Å². The average Bonchev–Trinajstić information content (AvgIpc) is 2.60. The lowest BCUT2D eigenvalue weighted by molar-refractivity contribution is 0.0793. The molecule has 2 aromatic rings. The number of pyridine rings is 1. The van der Waals surface area contributed by atoms with Crippen LogP contribution in [0.5, 0.6) is 5.75 Å². The van der Waals surface area contributed by atoms with Crippen LogP contribution >= 0.6 is 0 Å². The fourth-order valence-electron chi connectivity index (χ4n) is 2.42. The van der Waals surface area contributed by atoms with Gasteiger partial charge in [-0.05, 0) is 38.5 Å². The second-order valence-corrected chi connectivity index (χ2v) is 6.33. The molecule has 0 aliphatic heterocycles. The number of hydrogen-bond acceptors (Lipinski definition) is 4. The van der Waals surface area contributed by atoms with Crippen molar-refractivity contribution >= 4 is 17.3 Å². The summed E-state index contributed by atoms with van der Waals surface area (Å²) in [7, 11) is 1.82. The molecular formula is C20H27N3O2. The van der Waals surface area contributed by atoms with Crippen molar-refractivity contribution in [1.82, 2.24) is 9.88 Å². The number of ether oxygens (including phenoxy) is 1. The molecule has 5 heteroatoms. The molecule has 134 valence electrons. The van der Waals surface area contributed by atoms with E-state index in [-0.39, 0.29) is 12.0 Å². The van der Waals surface area contributed by atoms with Gasteiger partial charge in [-0.25, -0.2) is 0 Å². The van der Waals surface area contributed by atoms with Crippen molar-refractivity contribution in [2.75, 3.05) is 18.9 Å². The maximum absolute atomic E-state index is 12.5. The number of nitrogens with zero attached hydrogens (tertiary/aromatic N) is 2. The van der Waals surface area contributed by atoms with E-state index in [1.54, 1.807) is 17.3 Å². The summed E-state index contributed by atoms with van der Waals surface area (Å²) in [6, 6.07) is 9.56. The third-order valence-electron chi connectivity index (χ3n) is 3.71. The molecule has 1 aromatic carbocycles. The second-order valence-electron chi connectivity index (χ2n) is 6.33. The van der Waals surface area contributed by atoms with Crippen LogP contribution in [0.25, 0.3) is 0 Å². The van der Waals surface area contributed by atoms with Crippen molar-refractivity contribution in [3.05, 3.63) is 48.3 Å². The Morgan fingerprint density at radius 1 is 1.28 bits per heavy atom. The van der Waals surface area contributed by atoms with Crippen molar-refractivity contribution in [2.24, 2.45) is 0 Å². The fraction of sp³-hybridized carbons (Fsp3) is 0.400. The number of anilines is 2. The molecule has 0 aliphatic rings. The number of rotatable bonds is 8. The van der Waals surface area contributed by atoms with Gasteiger partial charge in [0.05, 0.1) is 29.2 Å². The van der Waals surface area contributed by atoms with E-state index in [1.165, 1.54) is 0 Å². The highest BCUT2D eigenvalue weighted by molar-refractivity contribution is 5.94. The second kappa shape index (κ2) is 9.06. The molecule has 0 atom stereocenters. The third-order valence-corrected chi connectivity index (χ3v) is 3.71. The van der Waals surface area contributed by atoms with Gasteiger partial charge in [0, 0.05) is 19.8 Å². The van der Waals surface area contributed by atoms with E-state index in [0.29, 0.717) is 5.56 Å². The van der Waals surface area contributed by atoms with Crippen molar-refractivity contribution in [3.8, 4) is 5.75 Å². The number of para-hydroxylation sites is 2. The number of carbonyl (C=O) groups excluding carboxylic acids is 1. The minimum Gasteiger partial charge on any atom is -0.489 e. The van der Waals surface area contributed by atoms with Gasteiger partial charge < -0.3 is 15.0 Å². The SMILES string of the molecule is CCCCN(C)C(=O)c1cncc(Nc2ccccc2OC(C)C)c1. The molecule has 5 nitrogen and oxygen atoms in total. The molecule has 0 spiro atoms. The van der Waals surface area contributed by atoms with Gasteiger partial charge in [0.25, 0.3) is 5.91 Å². The van der Waals surface area contributed by atoms with E-state index in [4.69, 9.17) is 4.74 Å². The molecular weight excluding hydrogens is 314 g/mol. The van der Waals surface area contributed by atoms with Gasteiger partial charge in [0.1, 0.15) is 5.75 Å². The highest BCUT2D eigenvalue weighted by Gasteiger charge is 2.13. The fourth-order valence-corrected chi connectivity index (χ4v) is 2.42. The Morgan fingerprint density at radius 3 is 2.76 bits per heavy atom.